The third-order valence-electron chi connectivity index (χ3n) is 4.66. The van der Waals surface area contributed by atoms with E-state index in [9.17, 15) is 0 Å². The molecule has 1 saturated heterocycles. The van der Waals surface area contributed by atoms with Gasteiger partial charge in [-0.15, -0.1) is 10.1 Å². The molecule has 0 amide bonds. The van der Waals surface area contributed by atoms with Crippen molar-refractivity contribution in [3.05, 3.63) is 10.1 Å². The summed E-state index contributed by atoms with van der Waals surface area (Å²) in [6, 6.07) is 0.821. The highest BCUT2D eigenvalue weighted by Gasteiger charge is 2.18. The Labute approximate surface area is 134 Å². The Morgan fingerprint density at radius 1 is 0.864 bits per heavy atom. The standard InChI is InChI=1S/C16H32N2.HNO3/c1-2-5-9-13-16(12-8-4-1)18-15-11-7-3-6-10-14-17-18;2-1(3)4/h16-17H,1-15H2;(H,2,3,4). The van der Waals surface area contributed by atoms with E-state index in [4.69, 9.17) is 15.3 Å². The van der Waals surface area contributed by atoms with Crippen LogP contribution in [0.25, 0.3) is 0 Å². The molecule has 0 atom stereocenters. The molecule has 0 radical (unpaired) electrons. The minimum absolute atomic E-state index is 0.821. The maximum absolute atomic E-state index is 8.36. The maximum atomic E-state index is 8.36. The third kappa shape index (κ3) is 9.95. The molecule has 1 aliphatic carbocycles. The zero-order valence-corrected chi connectivity index (χ0v) is 13.8. The Bertz CT molecular complexity index is 244. The summed E-state index contributed by atoms with van der Waals surface area (Å²) >= 11 is 0. The number of hydrazine groups is 1. The first-order valence-electron chi connectivity index (χ1n) is 9.03. The van der Waals surface area contributed by atoms with Crippen molar-refractivity contribution < 1.29 is 10.3 Å². The van der Waals surface area contributed by atoms with Crippen molar-refractivity contribution >= 4 is 0 Å². The topological polar surface area (TPSA) is 78.6 Å². The fourth-order valence-electron chi connectivity index (χ4n) is 3.47. The van der Waals surface area contributed by atoms with Crippen LogP contribution in [0.4, 0.5) is 0 Å². The highest BCUT2D eigenvalue weighted by atomic mass is 16.9. The molecule has 0 spiro atoms. The Morgan fingerprint density at radius 3 is 1.91 bits per heavy atom. The van der Waals surface area contributed by atoms with Crippen LogP contribution in [0.5, 0.6) is 0 Å². The van der Waals surface area contributed by atoms with E-state index in [0.717, 1.165) is 6.04 Å². The first kappa shape index (κ1) is 19.2. The van der Waals surface area contributed by atoms with E-state index in [-0.39, 0.29) is 0 Å². The van der Waals surface area contributed by atoms with Gasteiger partial charge in [0, 0.05) is 19.1 Å². The number of hydrogen-bond donors (Lipinski definition) is 2. The molecule has 0 unspecified atom stereocenters. The van der Waals surface area contributed by atoms with Gasteiger partial charge in [0.25, 0.3) is 5.09 Å². The Kier molecular flexibility index (Phi) is 11.0. The van der Waals surface area contributed by atoms with Crippen LogP contribution in [0, 0.1) is 10.1 Å². The van der Waals surface area contributed by atoms with Gasteiger partial charge >= 0.3 is 0 Å². The first-order chi connectivity index (χ1) is 10.7. The molecule has 0 bridgehead atoms. The van der Waals surface area contributed by atoms with Crippen LogP contribution in [0.2, 0.25) is 0 Å². The van der Waals surface area contributed by atoms with E-state index < -0.39 is 5.09 Å². The van der Waals surface area contributed by atoms with Crippen molar-refractivity contribution in [1.29, 1.82) is 0 Å². The first-order valence-corrected chi connectivity index (χ1v) is 9.03. The molecule has 0 aromatic heterocycles. The molecular weight excluding hydrogens is 282 g/mol. The fourth-order valence-corrected chi connectivity index (χ4v) is 3.47. The molecule has 2 rings (SSSR count). The average molecular weight is 315 g/mol. The summed E-state index contributed by atoms with van der Waals surface area (Å²) in [5.41, 5.74) is 3.73. The molecule has 22 heavy (non-hydrogen) atoms. The number of nitrogens with zero attached hydrogens (tertiary/aromatic N) is 2. The molecule has 2 N–H and O–H groups in total. The van der Waals surface area contributed by atoms with Crippen molar-refractivity contribution in [3.8, 4) is 0 Å². The SMILES string of the molecule is C1CCCCC(N2CCCCCCCN2)CCC1.O=[N+]([O-])O. The van der Waals surface area contributed by atoms with Crippen LogP contribution < -0.4 is 5.43 Å². The van der Waals surface area contributed by atoms with Crippen LogP contribution in [-0.4, -0.2) is 34.4 Å². The molecule has 6 heteroatoms. The summed E-state index contributed by atoms with van der Waals surface area (Å²) in [6.45, 7) is 2.49. The zero-order chi connectivity index (χ0) is 16.0. The highest BCUT2D eigenvalue weighted by Crippen LogP contribution is 2.21. The second kappa shape index (κ2) is 12.6. The zero-order valence-electron chi connectivity index (χ0n) is 13.8. The summed E-state index contributed by atoms with van der Waals surface area (Å²) in [7, 11) is 0. The van der Waals surface area contributed by atoms with Gasteiger partial charge in [-0.2, -0.15) is 0 Å². The number of hydrogen-bond acceptors (Lipinski definition) is 4. The predicted octanol–water partition coefficient (Wildman–Crippen LogP) is 3.91. The van der Waals surface area contributed by atoms with E-state index in [1.807, 2.05) is 0 Å². The second-order valence-corrected chi connectivity index (χ2v) is 6.46. The lowest BCUT2D eigenvalue weighted by atomic mass is 10.0. The minimum Gasteiger partial charge on any atom is -0.328 e. The lowest BCUT2D eigenvalue weighted by Gasteiger charge is -2.32. The van der Waals surface area contributed by atoms with Gasteiger partial charge in [-0.05, 0) is 25.7 Å². The number of nitrogens with one attached hydrogen (secondary N) is 1. The molecule has 6 nitrogen and oxygen atoms in total. The van der Waals surface area contributed by atoms with Crippen molar-refractivity contribution in [1.82, 2.24) is 10.4 Å². The second-order valence-electron chi connectivity index (χ2n) is 6.46. The van der Waals surface area contributed by atoms with Crippen molar-refractivity contribution in [2.24, 2.45) is 0 Å². The Balaban J connectivity index is 0.000000541. The average Bonchev–Trinajstić information content (AvgIpc) is 2.69. The van der Waals surface area contributed by atoms with Gasteiger partial charge in [0.1, 0.15) is 0 Å². The van der Waals surface area contributed by atoms with Crippen molar-refractivity contribution in [2.75, 3.05) is 13.1 Å². The molecule has 2 aliphatic rings. The van der Waals surface area contributed by atoms with Crippen LogP contribution in [0.3, 0.4) is 0 Å². The van der Waals surface area contributed by atoms with Gasteiger partial charge in [-0.3, -0.25) is 5.43 Å². The third-order valence-corrected chi connectivity index (χ3v) is 4.66. The van der Waals surface area contributed by atoms with Crippen LogP contribution >= 0.6 is 0 Å². The van der Waals surface area contributed by atoms with E-state index in [1.54, 1.807) is 0 Å². The van der Waals surface area contributed by atoms with Gasteiger partial charge in [0.05, 0.1) is 0 Å². The van der Waals surface area contributed by atoms with E-state index in [1.165, 1.54) is 96.6 Å². The normalized spacial score (nSPS) is 23.5. The van der Waals surface area contributed by atoms with Gasteiger partial charge in [-0.1, -0.05) is 57.8 Å². The summed E-state index contributed by atoms with van der Waals surface area (Å²) < 4.78 is 0. The van der Waals surface area contributed by atoms with E-state index in [2.05, 4.69) is 10.4 Å². The van der Waals surface area contributed by atoms with Crippen molar-refractivity contribution in [3.63, 3.8) is 0 Å². The monoisotopic (exact) mass is 315 g/mol. The van der Waals surface area contributed by atoms with Crippen LogP contribution in [0.15, 0.2) is 0 Å². The molecule has 0 aromatic rings. The summed E-state index contributed by atoms with van der Waals surface area (Å²) in [6.07, 6.45) is 18.7. The van der Waals surface area contributed by atoms with Crippen molar-refractivity contribution in [2.45, 2.75) is 89.5 Å². The smallest absolute Gasteiger partial charge is 0.291 e. The van der Waals surface area contributed by atoms with Gasteiger partial charge in [0.2, 0.25) is 0 Å². The van der Waals surface area contributed by atoms with E-state index >= 15 is 0 Å². The number of rotatable bonds is 1. The molecule has 1 saturated carbocycles. The molecule has 0 aromatic carbocycles. The molecule has 1 heterocycles. The molecule has 1 aliphatic heterocycles. The van der Waals surface area contributed by atoms with Gasteiger partial charge < -0.3 is 5.21 Å². The van der Waals surface area contributed by atoms with Crippen LogP contribution in [0.1, 0.15) is 83.5 Å². The van der Waals surface area contributed by atoms with Gasteiger partial charge in [0.15, 0.2) is 0 Å². The quantitative estimate of drug-likeness (QED) is 0.566. The highest BCUT2D eigenvalue weighted by molar-refractivity contribution is 4.72. The summed E-state index contributed by atoms with van der Waals surface area (Å²) in [4.78, 5) is 8.36. The van der Waals surface area contributed by atoms with Gasteiger partial charge in [-0.25, -0.2) is 5.01 Å². The lowest BCUT2D eigenvalue weighted by molar-refractivity contribution is -0.742. The molecule has 2 fully saturated rings. The Morgan fingerprint density at radius 2 is 1.32 bits per heavy atom. The lowest BCUT2D eigenvalue weighted by Crippen LogP contribution is -2.46. The summed E-state index contributed by atoms with van der Waals surface area (Å²) in [5, 5.41) is 16.3. The molecule has 130 valence electrons. The van der Waals surface area contributed by atoms with Crippen LogP contribution in [-0.2, 0) is 0 Å². The largest absolute Gasteiger partial charge is 0.328 e. The Hall–Kier alpha value is -0.880. The van der Waals surface area contributed by atoms with E-state index in [0.29, 0.717) is 0 Å². The maximum Gasteiger partial charge on any atom is 0.291 e. The predicted molar refractivity (Wildman–Crippen MR) is 87.3 cm³/mol. The fraction of sp³-hybridized carbons (Fsp3) is 1.00. The molecular formula is C16H33N3O3. The summed E-state index contributed by atoms with van der Waals surface area (Å²) in [5.74, 6) is 0. The minimum atomic E-state index is -1.50.